The van der Waals surface area contributed by atoms with Gasteiger partial charge in [0.25, 0.3) is 0 Å². The van der Waals surface area contributed by atoms with E-state index >= 15 is 0 Å². The van der Waals surface area contributed by atoms with Crippen molar-refractivity contribution in [2.75, 3.05) is 0 Å². The van der Waals surface area contributed by atoms with Crippen molar-refractivity contribution in [1.82, 2.24) is 0 Å². The SMILES string of the molecule is Oc1ccc([C@@H]2CCc3ccc(O)c(O)c3O2)cc1. The fraction of sp³-hybridized carbons (Fsp3) is 0.200. The molecular weight excluding hydrogens is 244 g/mol. The standard InChI is InChI=1S/C15H14O4/c16-11-5-1-9(2-6-11)13-8-4-10-3-7-12(17)14(18)15(10)19-13/h1-3,5-7,13,16-18H,4,8H2/t13-/m0/s1. The van der Waals surface area contributed by atoms with E-state index in [0.29, 0.717) is 5.75 Å². The Hall–Kier alpha value is -2.36. The third kappa shape index (κ3) is 2.05. The Morgan fingerprint density at radius 3 is 2.42 bits per heavy atom. The van der Waals surface area contributed by atoms with E-state index in [0.717, 1.165) is 24.0 Å². The first kappa shape index (κ1) is 11.7. The number of rotatable bonds is 1. The van der Waals surface area contributed by atoms with Gasteiger partial charge in [0.15, 0.2) is 11.5 Å². The molecule has 0 saturated heterocycles. The fourth-order valence-corrected chi connectivity index (χ4v) is 2.34. The van der Waals surface area contributed by atoms with Crippen LogP contribution in [-0.4, -0.2) is 15.3 Å². The maximum atomic E-state index is 9.84. The number of hydrogen-bond donors (Lipinski definition) is 3. The van der Waals surface area contributed by atoms with Crippen molar-refractivity contribution < 1.29 is 20.1 Å². The van der Waals surface area contributed by atoms with Gasteiger partial charge in [-0.05, 0) is 42.2 Å². The number of phenols is 3. The molecule has 1 aliphatic heterocycles. The molecule has 0 amide bonds. The molecule has 1 heterocycles. The lowest BCUT2D eigenvalue weighted by Gasteiger charge is -2.27. The smallest absolute Gasteiger partial charge is 0.200 e. The Morgan fingerprint density at radius 2 is 1.68 bits per heavy atom. The Morgan fingerprint density at radius 1 is 0.947 bits per heavy atom. The van der Waals surface area contributed by atoms with Gasteiger partial charge in [-0.25, -0.2) is 0 Å². The number of phenolic OH excluding ortho intramolecular Hbond substituents is 3. The second-order valence-corrected chi connectivity index (χ2v) is 4.66. The van der Waals surface area contributed by atoms with Crippen LogP contribution < -0.4 is 4.74 Å². The van der Waals surface area contributed by atoms with Gasteiger partial charge in [-0.1, -0.05) is 18.2 Å². The van der Waals surface area contributed by atoms with Gasteiger partial charge in [0, 0.05) is 0 Å². The lowest BCUT2D eigenvalue weighted by Crippen LogP contribution is -2.15. The van der Waals surface area contributed by atoms with Crippen LogP contribution in [0.3, 0.4) is 0 Å². The highest BCUT2D eigenvalue weighted by Gasteiger charge is 2.25. The Labute approximate surface area is 110 Å². The van der Waals surface area contributed by atoms with E-state index < -0.39 is 0 Å². The van der Waals surface area contributed by atoms with E-state index in [1.54, 1.807) is 30.3 Å². The molecule has 0 unspecified atom stereocenters. The minimum absolute atomic E-state index is 0.176. The lowest BCUT2D eigenvalue weighted by atomic mass is 9.97. The Balaban J connectivity index is 1.93. The van der Waals surface area contributed by atoms with Crippen LogP contribution >= 0.6 is 0 Å². The molecule has 0 bridgehead atoms. The molecule has 2 aromatic rings. The van der Waals surface area contributed by atoms with Crippen molar-refractivity contribution >= 4 is 0 Å². The molecule has 0 aliphatic carbocycles. The van der Waals surface area contributed by atoms with Gasteiger partial charge in [-0.3, -0.25) is 0 Å². The highest BCUT2D eigenvalue weighted by atomic mass is 16.5. The summed E-state index contributed by atoms with van der Waals surface area (Å²) < 4.78 is 5.78. The van der Waals surface area contributed by atoms with E-state index in [2.05, 4.69) is 0 Å². The fourth-order valence-electron chi connectivity index (χ4n) is 2.34. The second-order valence-electron chi connectivity index (χ2n) is 4.66. The Kier molecular flexibility index (Phi) is 2.71. The number of benzene rings is 2. The van der Waals surface area contributed by atoms with Crippen LogP contribution in [0.1, 0.15) is 23.7 Å². The van der Waals surface area contributed by atoms with E-state index in [1.807, 2.05) is 0 Å². The minimum atomic E-state index is -0.207. The van der Waals surface area contributed by atoms with E-state index in [4.69, 9.17) is 4.74 Å². The normalized spacial score (nSPS) is 17.6. The largest absolute Gasteiger partial charge is 0.508 e. The maximum Gasteiger partial charge on any atom is 0.200 e. The quantitative estimate of drug-likeness (QED) is 0.688. The molecule has 0 saturated carbocycles. The zero-order chi connectivity index (χ0) is 13.4. The van der Waals surface area contributed by atoms with Gasteiger partial charge in [-0.15, -0.1) is 0 Å². The summed E-state index contributed by atoms with van der Waals surface area (Å²) >= 11 is 0. The molecule has 1 atom stereocenters. The van der Waals surface area contributed by atoms with Crippen molar-refractivity contribution in [2.24, 2.45) is 0 Å². The summed E-state index contributed by atoms with van der Waals surface area (Å²) in [5.41, 5.74) is 1.83. The summed E-state index contributed by atoms with van der Waals surface area (Å²) in [5, 5.41) is 28.6. The maximum absolute atomic E-state index is 9.84. The number of fused-ring (bicyclic) bond motifs is 1. The molecule has 0 fully saturated rings. The monoisotopic (exact) mass is 258 g/mol. The third-order valence-electron chi connectivity index (χ3n) is 3.39. The topological polar surface area (TPSA) is 69.9 Å². The average Bonchev–Trinajstić information content (AvgIpc) is 2.44. The van der Waals surface area contributed by atoms with Gasteiger partial charge < -0.3 is 20.1 Å². The molecule has 0 radical (unpaired) electrons. The van der Waals surface area contributed by atoms with Crippen LogP contribution in [0.5, 0.6) is 23.0 Å². The third-order valence-corrected chi connectivity index (χ3v) is 3.39. The van der Waals surface area contributed by atoms with Crippen LogP contribution in [0.25, 0.3) is 0 Å². The van der Waals surface area contributed by atoms with E-state index in [1.165, 1.54) is 6.07 Å². The van der Waals surface area contributed by atoms with Crippen molar-refractivity contribution in [1.29, 1.82) is 0 Å². The second kappa shape index (κ2) is 4.39. The summed E-state index contributed by atoms with van der Waals surface area (Å²) in [6, 6.07) is 10.0. The molecule has 2 aromatic carbocycles. The summed E-state index contributed by atoms with van der Waals surface area (Å²) in [4.78, 5) is 0. The van der Waals surface area contributed by atoms with Crippen molar-refractivity contribution in [3.63, 3.8) is 0 Å². The van der Waals surface area contributed by atoms with Crippen molar-refractivity contribution in [3.05, 3.63) is 47.5 Å². The molecule has 0 aromatic heterocycles. The zero-order valence-electron chi connectivity index (χ0n) is 10.2. The molecule has 19 heavy (non-hydrogen) atoms. The first-order valence-corrected chi connectivity index (χ1v) is 6.14. The van der Waals surface area contributed by atoms with E-state index in [-0.39, 0.29) is 23.4 Å². The van der Waals surface area contributed by atoms with Crippen LogP contribution in [0, 0.1) is 0 Å². The predicted molar refractivity (Wildman–Crippen MR) is 69.6 cm³/mol. The zero-order valence-corrected chi connectivity index (χ0v) is 10.2. The van der Waals surface area contributed by atoms with Crippen LogP contribution in [0.15, 0.2) is 36.4 Å². The Bertz CT molecular complexity index is 604. The van der Waals surface area contributed by atoms with Gasteiger partial charge in [-0.2, -0.15) is 0 Å². The lowest BCUT2D eigenvalue weighted by molar-refractivity contribution is 0.167. The van der Waals surface area contributed by atoms with Crippen LogP contribution in [0.2, 0.25) is 0 Å². The predicted octanol–water partition coefficient (Wildman–Crippen LogP) is 2.87. The molecule has 4 heteroatoms. The van der Waals surface area contributed by atoms with Gasteiger partial charge in [0.2, 0.25) is 5.75 Å². The highest BCUT2D eigenvalue weighted by molar-refractivity contribution is 5.55. The first-order valence-electron chi connectivity index (χ1n) is 6.14. The van der Waals surface area contributed by atoms with E-state index in [9.17, 15) is 15.3 Å². The molecule has 98 valence electrons. The number of aromatic hydroxyl groups is 3. The molecule has 0 spiro atoms. The number of hydrogen-bond acceptors (Lipinski definition) is 4. The highest BCUT2D eigenvalue weighted by Crippen LogP contribution is 2.44. The summed E-state index contributed by atoms with van der Waals surface area (Å²) in [6.07, 6.45) is 1.39. The van der Waals surface area contributed by atoms with Gasteiger partial charge in [0.1, 0.15) is 11.9 Å². The number of aryl methyl sites for hydroxylation is 1. The average molecular weight is 258 g/mol. The molecule has 3 N–H and O–H groups in total. The van der Waals surface area contributed by atoms with Crippen LogP contribution in [-0.2, 0) is 6.42 Å². The van der Waals surface area contributed by atoms with Crippen LogP contribution in [0.4, 0.5) is 0 Å². The van der Waals surface area contributed by atoms with Crippen molar-refractivity contribution in [3.8, 4) is 23.0 Å². The van der Waals surface area contributed by atoms with Crippen molar-refractivity contribution in [2.45, 2.75) is 18.9 Å². The molecule has 1 aliphatic rings. The molecular formula is C15H14O4. The summed E-state index contributed by atoms with van der Waals surface area (Å²) in [5.74, 6) is 0.177. The number of ether oxygens (including phenoxy) is 1. The van der Waals surface area contributed by atoms with Gasteiger partial charge in [0.05, 0.1) is 0 Å². The molecule has 4 nitrogen and oxygen atoms in total. The summed E-state index contributed by atoms with van der Waals surface area (Å²) in [6.45, 7) is 0. The summed E-state index contributed by atoms with van der Waals surface area (Å²) in [7, 11) is 0. The van der Waals surface area contributed by atoms with Gasteiger partial charge >= 0.3 is 0 Å². The minimum Gasteiger partial charge on any atom is -0.508 e. The molecule has 3 rings (SSSR count). The first-order chi connectivity index (χ1) is 9.15.